The molecule has 2 aromatic rings. The second-order valence-corrected chi connectivity index (χ2v) is 7.38. The summed E-state index contributed by atoms with van der Waals surface area (Å²) in [6.45, 7) is 3.69. The molecule has 0 atom stereocenters. The standard InChI is InChI=1S/C21H25ClN2O/c1-23(15-17-7-3-2-4-8-17)21(25)18-11-13-24(14-12-18)16-19-9-5-6-10-20(19)22/h2-10,18H,11-16H2,1H3/p+1. The van der Waals surface area contributed by atoms with E-state index in [9.17, 15) is 4.79 Å². The van der Waals surface area contributed by atoms with Gasteiger partial charge in [-0.3, -0.25) is 4.79 Å². The van der Waals surface area contributed by atoms with Gasteiger partial charge in [0.15, 0.2) is 0 Å². The Kier molecular flexibility index (Phi) is 6.11. The van der Waals surface area contributed by atoms with Gasteiger partial charge in [-0.1, -0.05) is 60.1 Å². The number of hydrogen-bond acceptors (Lipinski definition) is 1. The Balaban J connectivity index is 1.50. The molecular formula is C21H26ClN2O+. The molecule has 1 saturated heterocycles. The van der Waals surface area contributed by atoms with Crippen LogP contribution in [0.1, 0.15) is 24.0 Å². The van der Waals surface area contributed by atoms with Crippen molar-refractivity contribution >= 4 is 17.5 Å². The Morgan fingerprint density at radius 2 is 1.72 bits per heavy atom. The number of carbonyl (C=O) groups is 1. The third-order valence-electron chi connectivity index (χ3n) is 5.08. The van der Waals surface area contributed by atoms with E-state index in [2.05, 4.69) is 18.2 Å². The molecule has 1 amide bonds. The van der Waals surface area contributed by atoms with Gasteiger partial charge in [-0.2, -0.15) is 0 Å². The molecule has 2 aromatic carbocycles. The number of benzene rings is 2. The van der Waals surface area contributed by atoms with Crippen molar-refractivity contribution in [2.45, 2.75) is 25.9 Å². The van der Waals surface area contributed by atoms with Gasteiger partial charge in [-0.25, -0.2) is 0 Å². The summed E-state index contributed by atoms with van der Waals surface area (Å²) in [4.78, 5) is 16.1. The summed E-state index contributed by atoms with van der Waals surface area (Å²) in [6, 6.07) is 18.2. The normalized spacial score (nSPS) is 20.2. The van der Waals surface area contributed by atoms with Gasteiger partial charge in [-0.15, -0.1) is 0 Å². The number of piperidine rings is 1. The molecule has 1 fully saturated rings. The number of rotatable bonds is 5. The smallest absolute Gasteiger partial charge is 0.226 e. The molecule has 0 saturated carbocycles. The topological polar surface area (TPSA) is 24.8 Å². The lowest BCUT2D eigenvalue weighted by Crippen LogP contribution is -3.11. The monoisotopic (exact) mass is 357 g/mol. The SMILES string of the molecule is CN(Cc1ccccc1)C(=O)C1CC[NH+](Cc2ccccc2Cl)CC1. The van der Waals surface area contributed by atoms with Crippen LogP contribution in [-0.4, -0.2) is 30.9 Å². The summed E-state index contributed by atoms with van der Waals surface area (Å²) in [5.41, 5.74) is 2.38. The van der Waals surface area contributed by atoms with Gasteiger partial charge >= 0.3 is 0 Å². The molecule has 25 heavy (non-hydrogen) atoms. The first-order valence-corrected chi connectivity index (χ1v) is 9.37. The molecule has 3 nitrogen and oxygen atoms in total. The van der Waals surface area contributed by atoms with E-state index in [1.165, 1.54) is 16.0 Å². The fourth-order valence-corrected chi connectivity index (χ4v) is 3.81. The fraction of sp³-hybridized carbons (Fsp3) is 0.381. The van der Waals surface area contributed by atoms with Crippen LogP contribution in [0.4, 0.5) is 0 Å². The van der Waals surface area contributed by atoms with E-state index in [0.717, 1.165) is 37.5 Å². The molecule has 4 heteroatoms. The van der Waals surface area contributed by atoms with Crippen LogP contribution in [0.3, 0.4) is 0 Å². The van der Waals surface area contributed by atoms with Crippen LogP contribution in [0.2, 0.25) is 5.02 Å². The number of amides is 1. The molecule has 1 N–H and O–H groups in total. The maximum atomic E-state index is 12.7. The quantitative estimate of drug-likeness (QED) is 0.874. The predicted octanol–water partition coefficient (Wildman–Crippen LogP) is 2.79. The van der Waals surface area contributed by atoms with Crippen molar-refractivity contribution in [1.82, 2.24) is 4.90 Å². The number of nitrogens with one attached hydrogen (secondary N) is 1. The molecule has 0 unspecified atom stereocenters. The van der Waals surface area contributed by atoms with Crippen molar-refractivity contribution in [2.24, 2.45) is 5.92 Å². The molecule has 0 aromatic heterocycles. The van der Waals surface area contributed by atoms with Gasteiger partial charge in [0.1, 0.15) is 6.54 Å². The number of nitrogens with zero attached hydrogens (tertiary/aromatic N) is 1. The minimum Gasteiger partial charge on any atom is -0.341 e. The van der Waals surface area contributed by atoms with Crippen LogP contribution in [0.15, 0.2) is 54.6 Å². The van der Waals surface area contributed by atoms with Crippen LogP contribution in [0.5, 0.6) is 0 Å². The van der Waals surface area contributed by atoms with Gasteiger partial charge in [0, 0.05) is 42.9 Å². The summed E-state index contributed by atoms with van der Waals surface area (Å²) in [5.74, 6) is 0.435. The number of hydrogen-bond donors (Lipinski definition) is 1. The third kappa shape index (κ3) is 4.83. The number of quaternary nitrogens is 1. The van der Waals surface area contributed by atoms with E-state index >= 15 is 0 Å². The summed E-state index contributed by atoms with van der Waals surface area (Å²) in [5, 5.41) is 0.843. The Morgan fingerprint density at radius 3 is 2.40 bits per heavy atom. The van der Waals surface area contributed by atoms with Crippen molar-refractivity contribution in [2.75, 3.05) is 20.1 Å². The second-order valence-electron chi connectivity index (χ2n) is 6.97. The van der Waals surface area contributed by atoms with Crippen molar-refractivity contribution in [1.29, 1.82) is 0 Å². The molecule has 1 heterocycles. The molecular weight excluding hydrogens is 332 g/mol. The molecule has 3 rings (SSSR count). The highest BCUT2D eigenvalue weighted by molar-refractivity contribution is 6.31. The molecule has 0 spiro atoms. The molecule has 132 valence electrons. The zero-order valence-corrected chi connectivity index (χ0v) is 15.5. The number of likely N-dealkylation sites (tertiary alicyclic amines) is 1. The van der Waals surface area contributed by atoms with Gasteiger partial charge in [0.2, 0.25) is 5.91 Å². The zero-order chi connectivity index (χ0) is 17.6. The Hall–Kier alpha value is -1.84. The molecule has 1 aliphatic heterocycles. The maximum absolute atomic E-state index is 12.7. The molecule has 1 aliphatic rings. The highest BCUT2D eigenvalue weighted by Gasteiger charge is 2.29. The van der Waals surface area contributed by atoms with Crippen molar-refractivity contribution in [3.63, 3.8) is 0 Å². The van der Waals surface area contributed by atoms with Crippen LogP contribution < -0.4 is 4.90 Å². The van der Waals surface area contributed by atoms with Gasteiger partial charge < -0.3 is 9.80 Å². The van der Waals surface area contributed by atoms with Crippen molar-refractivity contribution in [3.8, 4) is 0 Å². The van der Waals surface area contributed by atoms with E-state index in [1.54, 1.807) is 0 Å². The summed E-state index contributed by atoms with van der Waals surface area (Å²) in [6.07, 6.45) is 1.91. The first kappa shape index (κ1) is 18.0. The van der Waals surface area contributed by atoms with Crippen LogP contribution >= 0.6 is 11.6 Å². The van der Waals surface area contributed by atoms with Crippen LogP contribution in [0, 0.1) is 5.92 Å². The average molecular weight is 358 g/mol. The van der Waals surface area contributed by atoms with Crippen LogP contribution in [0.25, 0.3) is 0 Å². The van der Waals surface area contributed by atoms with Crippen molar-refractivity contribution in [3.05, 3.63) is 70.7 Å². The van der Waals surface area contributed by atoms with Crippen LogP contribution in [-0.2, 0) is 17.9 Å². The van der Waals surface area contributed by atoms with Gasteiger partial charge in [0.05, 0.1) is 13.1 Å². The Bertz CT molecular complexity index is 696. The maximum Gasteiger partial charge on any atom is 0.226 e. The number of halogens is 1. The van der Waals surface area contributed by atoms with E-state index in [-0.39, 0.29) is 11.8 Å². The molecule has 0 bridgehead atoms. The average Bonchev–Trinajstić information content (AvgIpc) is 2.64. The molecule has 0 aliphatic carbocycles. The third-order valence-corrected chi connectivity index (χ3v) is 5.45. The lowest BCUT2D eigenvalue weighted by atomic mass is 9.95. The van der Waals surface area contributed by atoms with Crippen molar-refractivity contribution < 1.29 is 9.69 Å². The zero-order valence-electron chi connectivity index (χ0n) is 14.7. The summed E-state index contributed by atoms with van der Waals surface area (Å²) < 4.78 is 0. The minimum absolute atomic E-state index is 0.156. The van der Waals surface area contributed by atoms with E-state index < -0.39 is 0 Å². The van der Waals surface area contributed by atoms with E-state index in [0.29, 0.717) is 6.54 Å². The van der Waals surface area contributed by atoms with Gasteiger partial charge in [0.25, 0.3) is 0 Å². The lowest BCUT2D eigenvalue weighted by molar-refractivity contribution is -0.919. The van der Waals surface area contributed by atoms with E-state index in [4.69, 9.17) is 11.6 Å². The largest absolute Gasteiger partial charge is 0.341 e. The lowest BCUT2D eigenvalue weighted by Gasteiger charge is -2.31. The highest BCUT2D eigenvalue weighted by Crippen LogP contribution is 2.17. The van der Waals surface area contributed by atoms with E-state index in [1.807, 2.05) is 48.3 Å². The Labute approximate surface area is 155 Å². The summed E-state index contributed by atoms with van der Waals surface area (Å²) in [7, 11) is 1.91. The minimum atomic E-state index is 0.156. The Morgan fingerprint density at radius 1 is 1.08 bits per heavy atom. The first-order valence-electron chi connectivity index (χ1n) is 8.99. The van der Waals surface area contributed by atoms with Gasteiger partial charge in [-0.05, 0) is 11.6 Å². The first-order chi connectivity index (χ1) is 12.1. The second kappa shape index (κ2) is 8.50. The summed E-state index contributed by atoms with van der Waals surface area (Å²) >= 11 is 6.27. The number of carbonyl (C=O) groups excluding carboxylic acids is 1. The predicted molar refractivity (Wildman–Crippen MR) is 101 cm³/mol. The molecule has 0 radical (unpaired) electrons. The highest BCUT2D eigenvalue weighted by atomic mass is 35.5. The fourth-order valence-electron chi connectivity index (χ4n) is 3.61.